The van der Waals surface area contributed by atoms with Crippen LogP contribution in [-0.4, -0.2) is 18.1 Å². The second-order valence-corrected chi connectivity index (χ2v) is 2.89. The zero-order valence-corrected chi connectivity index (χ0v) is 8.87. The van der Waals surface area contributed by atoms with Gasteiger partial charge in [-0.25, -0.2) is 4.98 Å². The highest BCUT2D eigenvalue weighted by Gasteiger charge is 2.18. The van der Waals surface area contributed by atoms with Gasteiger partial charge < -0.3 is 9.73 Å². The van der Waals surface area contributed by atoms with E-state index in [-0.39, 0.29) is 24.8 Å². The van der Waals surface area contributed by atoms with Crippen molar-refractivity contribution in [2.24, 2.45) is 0 Å². The van der Waals surface area contributed by atoms with Crippen LogP contribution in [0.5, 0.6) is 0 Å². The van der Waals surface area contributed by atoms with Crippen LogP contribution in [0.25, 0.3) is 0 Å². The standard InChI is InChI=1S/C8H12N2O.2ClH/c1-3-9-4-2-7(1)8-10-5-6-11-8;;/h5-7,9H,1-4H2;2*1H. The van der Waals surface area contributed by atoms with Crippen molar-refractivity contribution < 1.29 is 4.42 Å². The molecule has 0 spiro atoms. The molecule has 0 aliphatic carbocycles. The van der Waals surface area contributed by atoms with Gasteiger partial charge in [0.1, 0.15) is 6.26 Å². The van der Waals surface area contributed by atoms with E-state index in [9.17, 15) is 0 Å². The molecule has 5 heteroatoms. The fraction of sp³-hybridized carbons (Fsp3) is 0.625. The minimum Gasteiger partial charge on any atom is -0.449 e. The van der Waals surface area contributed by atoms with Crippen LogP contribution in [0.2, 0.25) is 0 Å². The molecule has 0 saturated carbocycles. The normalized spacial score (nSPS) is 17.2. The van der Waals surface area contributed by atoms with E-state index in [1.165, 1.54) is 0 Å². The van der Waals surface area contributed by atoms with Crippen LogP contribution in [0.1, 0.15) is 24.7 Å². The minimum absolute atomic E-state index is 0. The largest absolute Gasteiger partial charge is 0.449 e. The number of hydrogen-bond acceptors (Lipinski definition) is 3. The Labute approximate surface area is 90.1 Å². The van der Waals surface area contributed by atoms with Crippen LogP contribution in [0.15, 0.2) is 16.9 Å². The first-order valence-electron chi connectivity index (χ1n) is 4.07. The summed E-state index contributed by atoms with van der Waals surface area (Å²) in [6, 6.07) is 0. The number of nitrogens with zero attached hydrogens (tertiary/aromatic N) is 1. The first-order chi connectivity index (χ1) is 5.47. The molecule has 0 aromatic carbocycles. The first-order valence-corrected chi connectivity index (χ1v) is 4.07. The van der Waals surface area contributed by atoms with Gasteiger partial charge in [0, 0.05) is 5.92 Å². The van der Waals surface area contributed by atoms with Crippen LogP contribution in [0.4, 0.5) is 0 Å². The molecule has 3 nitrogen and oxygen atoms in total. The molecular formula is C8H14Cl2N2O. The average Bonchev–Trinajstić information content (AvgIpc) is 2.58. The molecule has 1 aliphatic rings. The van der Waals surface area contributed by atoms with Gasteiger partial charge in [-0.1, -0.05) is 0 Å². The van der Waals surface area contributed by atoms with Gasteiger partial charge in [0.25, 0.3) is 0 Å². The monoisotopic (exact) mass is 224 g/mol. The van der Waals surface area contributed by atoms with E-state index in [1.807, 2.05) is 0 Å². The predicted molar refractivity (Wildman–Crippen MR) is 55.8 cm³/mol. The fourth-order valence-corrected chi connectivity index (χ4v) is 1.50. The van der Waals surface area contributed by atoms with Gasteiger partial charge in [0.15, 0.2) is 5.89 Å². The summed E-state index contributed by atoms with van der Waals surface area (Å²) >= 11 is 0. The van der Waals surface area contributed by atoms with Crippen molar-refractivity contribution in [3.63, 3.8) is 0 Å². The highest BCUT2D eigenvalue weighted by Crippen LogP contribution is 2.22. The van der Waals surface area contributed by atoms with Crippen LogP contribution in [-0.2, 0) is 0 Å². The molecule has 1 aromatic heterocycles. The summed E-state index contributed by atoms with van der Waals surface area (Å²) in [5.74, 6) is 1.46. The van der Waals surface area contributed by atoms with Gasteiger partial charge in [0.2, 0.25) is 0 Å². The average molecular weight is 225 g/mol. The molecule has 2 rings (SSSR count). The van der Waals surface area contributed by atoms with Gasteiger partial charge >= 0.3 is 0 Å². The van der Waals surface area contributed by atoms with E-state index in [4.69, 9.17) is 4.42 Å². The maximum Gasteiger partial charge on any atom is 0.197 e. The van der Waals surface area contributed by atoms with Gasteiger partial charge in [-0.15, -0.1) is 24.8 Å². The molecule has 0 radical (unpaired) electrons. The second-order valence-electron chi connectivity index (χ2n) is 2.89. The van der Waals surface area contributed by atoms with Crippen LogP contribution >= 0.6 is 24.8 Å². The Bertz CT molecular complexity index is 210. The molecule has 0 amide bonds. The van der Waals surface area contributed by atoms with Crippen molar-refractivity contribution in [2.45, 2.75) is 18.8 Å². The number of nitrogens with one attached hydrogen (secondary N) is 1. The number of aromatic nitrogens is 1. The van der Waals surface area contributed by atoms with Gasteiger partial charge in [-0.05, 0) is 25.9 Å². The van der Waals surface area contributed by atoms with Crippen molar-refractivity contribution in [3.05, 3.63) is 18.4 Å². The smallest absolute Gasteiger partial charge is 0.197 e. The molecule has 1 aliphatic heterocycles. The Balaban J connectivity index is 0.000000720. The maximum atomic E-state index is 5.23. The van der Waals surface area contributed by atoms with Crippen molar-refractivity contribution in [1.82, 2.24) is 10.3 Å². The van der Waals surface area contributed by atoms with E-state index in [2.05, 4.69) is 10.3 Å². The molecule has 1 fully saturated rings. The second kappa shape index (κ2) is 6.24. The van der Waals surface area contributed by atoms with Crippen LogP contribution < -0.4 is 5.32 Å². The topological polar surface area (TPSA) is 38.1 Å². The summed E-state index contributed by atoms with van der Waals surface area (Å²) in [5, 5.41) is 3.31. The first kappa shape index (κ1) is 12.8. The zero-order valence-electron chi connectivity index (χ0n) is 7.23. The number of oxazole rings is 1. The fourth-order valence-electron chi connectivity index (χ4n) is 1.50. The van der Waals surface area contributed by atoms with E-state index < -0.39 is 0 Å². The molecular weight excluding hydrogens is 211 g/mol. The summed E-state index contributed by atoms with van der Waals surface area (Å²) in [5.41, 5.74) is 0. The van der Waals surface area contributed by atoms with Crippen molar-refractivity contribution >= 4 is 24.8 Å². The maximum absolute atomic E-state index is 5.23. The third kappa shape index (κ3) is 3.18. The van der Waals surface area contributed by atoms with E-state index >= 15 is 0 Å². The Morgan fingerprint density at radius 2 is 2.00 bits per heavy atom. The molecule has 13 heavy (non-hydrogen) atoms. The summed E-state index contributed by atoms with van der Waals surface area (Å²) in [6.45, 7) is 2.18. The summed E-state index contributed by atoms with van der Waals surface area (Å²) in [4.78, 5) is 4.15. The van der Waals surface area contributed by atoms with Crippen molar-refractivity contribution in [2.75, 3.05) is 13.1 Å². The lowest BCUT2D eigenvalue weighted by Gasteiger charge is -2.19. The molecule has 1 N–H and O–H groups in total. The molecule has 2 heterocycles. The van der Waals surface area contributed by atoms with E-state index in [0.29, 0.717) is 5.92 Å². The van der Waals surface area contributed by atoms with E-state index in [0.717, 1.165) is 31.8 Å². The predicted octanol–water partition coefficient (Wildman–Crippen LogP) is 1.99. The lowest BCUT2D eigenvalue weighted by Crippen LogP contribution is -2.26. The molecule has 1 aromatic rings. The Morgan fingerprint density at radius 3 is 2.54 bits per heavy atom. The SMILES string of the molecule is Cl.Cl.c1coc(C2CCNCC2)n1. The molecule has 0 bridgehead atoms. The Kier molecular flexibility index (Phi) is 6.12. The Morgan fingerprint density at radius 1 is 1.31 bits per heavy atom. The zero-order chi connectivity index (χ0) is 7.52. The molecule has 1 saturated heterocycles. The van der Waals surface area contributed by atoms with Gasteiger partial charge in [-0.2, -0.15) is 0 Å². The Hall–Kier alpha value is -0.250. The summed E-state index contributed by atoms with van der Waals surface area (Å²) in [7, 11) is 0. The third-order valence-electron chi connectivity index (χ3n) is 2.14. The number of piperidine rings is 1. The number of rotatable bonds is 1. The number of halogens is 2. The van der Waals surface area contributed by atoms with Gasteiger partial charge in [0.05, 0.1) is 6.20 Å². The van der Waals surface area contributed by atoms with Gasteiger partial charge in [-0.3, -0.25) is 0 Å². The van der Waals surface area contributed by atoms with Crippen molar-refractivity contribution in [1.29, 1.82) is 0 Å². The summed E-state index contributed by atoms with van der Waals surface area (Å²) < 4.78 is 5.23. The lowest BCUT2D eigenvalue weighted by molar-refractivity contribution is 0.374. The third-order valence-corrected chi connectivity index (χ3v) is 2.14. The van der Waals surface area contributed by atoms with Crippen LogP contribution in [0.3, 0.4) is 0 Å². The summed E-state index contributed by atoms with van der Waals surface area (Å²) in [6.07, 6.45) is 5.68. The lowest BCUT2D eigenvalue weighted by atomic mass is 9.98. The quantitative estimate of drug-likeness (QED) is 0.794. The highest BCUT2D eigenvalue weighted by molar-refractivity contribution is 5.85. The number of hydrogen-bond donors (Lipinski definition) is 1. The van der Waals surface area contributed by atoms with E-state index in [1.54, 1.807) is 12.5 Å². The molecule has 0 unspecified atom stereocenters. The highest BCUT2D eigenvalue weighted by atomic mass is 35.5. The minimum atomic E-state index is 0. The van der Waals surface area contributed by atoms with Crippen molar-refractivity contribution in [3.8, 4) is 0 Å². The molecule has 76 valence electrons. The molecule has 0 atom stereocenters. The van der Waals surface area contributed by atoms with Crippen LogP contribution in [0, 0.1) is 0 Å².